The number of hydrogen-bond donors (Lipinski definition) is 2. The number of rotatable bonds is 5. The molecule has 10 aromatic carbocycles. The quantitative estimate of drug-likeness (QED) is 0.0872. The number of thiophene rings is 2. The number of nitrogens with zero attached hydrogens (tertiary/aromatic N) is 4. The first kappa shape index (κ1) is 49.9. The Labute approximate surface area is 537 Å². The molecule has 2 aromatic heterocycles. The molecule has 0 aliphatic carbocycles. The predicted molar refractivity (Wildman–Crippen MR) is 284 cm³/mol. The average molecular weight is 1180 g/mol. The summed E-state index contributed by atoms with van der Waals surface area (Å²) in [5, 5.41) is 42.3. The number of carbonyl (C=O) groups is 8. The van der Waals surface area contributed by atoms with E-state index < -0.39 is 41.4 Å². The molecule has 14 nitrogen and oxygen atoms in total. The van der Waals surface area contributed by atoms with Crippen LogP contribution < -0.4 is 127 Å². The second kappa shape index (κ2) is 17.7. The van der Waals surface area contributed by atoms with Crippen LogP contribution in [-0.2, 0) is 4.79 Å². The van der Waals surface area contributed by atoms with Crippen molar-refractivity contribution in [2.24, 2.45) is 0 Å². The van der Waals surface area contributed by atoms with Crippen LogP contribution in [0.1, 0.15) is 89.2 Å². The van der Waals surface area contributed by atoms with Gasteiger partial charge in [0.15, 0.2) is 0 Å². The third-order valence-corrected chi connectivity index (χ3v) is 17.5. The molecule has 5 heterocycles. The van der Waals surface area contributed by atoms with E-state index in [1.54, 1.807) is 54.6 Å². The number of nitriles is 2. The molecule has 0 saturated heterocycles. The van der Waals surface area contributed by atoms with Gasteiger partial charge in [-0.1, -0.05) is 36.4 Å². The summed E-state index contributed by atoms with van der Waals surface area (Å²) < 4.78 is 0. The summed E-state index contributed by atoms with van der Waals surface area (Å²) >= 11 is 2.95. The summed E-state index contributed by atoms with van der Waals surface area (Å²) in [4.78, 5) is 109. The molecule has 0 atom stereocenters. The summed E-state index contributed by atoms with van der Waals surface area (Å²) in [6.45, 7) is 1.87. The van der Waals surface area contributed by atoms with Gasteiger partial charge in [-0.3, -0.25) is 29.8 Å². The van der Waals surface area contributed by atoms with Gasteiger partial charge in [-0.2, -0.15) is 10.5 Å². The van der Waals surface area contributed by atoms with E-state index in [0.717, 1.165) is 25.1 Å². The number of nitrogens with one attached hydrogen (secondary N) is 2. The van der Waals surface area contributed by atoms with Crippen LogP contribution in [-0.4, -0.2) is 47.8 Å². The van der Waals surface area contributed by atoms with E-state index in [0.29, 0.717) is 104 Å². The van der Waals surface area contributed by atoms with Crippen molar-refractivity contribution in [1.82, 2.24) is 10.6 Å². The third-order valence-electron chi connectivity index (χ3n) is 15.1. The van der Waals surface area contributed by atoms with Gasteiger partial charge in [0.05, 0.1) is 46.9 Å². The first-order valence-corrected chi connectivity index (χ1v) is 24.8. The maximum atomic E-state index is 13.8. The first-order chi connectivity index (χ1) is 36.4. The monoisotopic (exact) mass is 1180 g/mol. The Morgan fingerprint density at radius 1 is 0.468 bits per heavy atom. The van der Waals surface area contributed by atoms with Crippen LogP contribution in [0.15, 0.2) is 97.1 Å². The smallest absolute Gasteiger partial charge is 0.587 e. The van der Waals surface area contributed by atoms with Gasteiger partial charge in [-0.25, -0.2) is 0 Å². The molecule has 3 aliphatic heterocycles. The summed E-state index contributed by atoms with van der Waals surface area (Å²) in [5.74, 6) is -4.63. The van der Waals surface area contributed by atoms with Crippen molar-refractivity contribution in [2.75, 3.05) is 0 Å². The number of hydrogen-bond acceptors (Lipinski definition) is 12. The Morgan fingerprint density at radius 2 is 0.883 bits per heavy atom. The molecule has 2 N–H and O–H groups in total. The van der Waals surface area contributed by atoms with Crippen molar-refractivity contribution in [2.45, 2.75) is 6.92 Å². The van der Waals surface area contributed by atoms with E-state index in [1.807, 2.05) is 37.3 Å². The summed E-state index contributed by atoms with van der Waals surface area (Å²) in [6, 6.07) is 32.6. The fourth-order valence-corrected chi connectivity index (χ4v) is 14.4. The minimum absolute atomic E-state index is 0. The topological polar surface area (TPSA) is 236 Å². The van der Waals surface area contributed by atoms with Crippen molar-refractivity contribution < 1.29 is 155 Å². The number of carbonyl (C=O) groups excluding carboxylic acids is 8. The fraction of sp³-hybridized carbons (Fsp3) is 0.0169. The van der Waals surface area contributed by atoms with Gasteiger partial charge in [0.25, 0.3) is 17.7 Å². The number of amides is 8. The van der Waals surface area contributed by atoms with Gasteiger partial charge in [0.1, 0.15) is 0 Å². The van der Waals surface area contributed by atoms with Gasteiger partial charge in [-0.05, 0) is 122 Å². The Kier molecular flexibility index (Phi) is 11.5. The van der Waals surface area contributed by atoms with Gasteiger partial charge < -0.3 is 29.8 Å². The van der Waals surface area contributed by atoms with Crippen LogP contribution in [0.4, 0.5) is 0 Å². The van der Waals surface area contributed by atoms with E-state index in [-0.39, 0.29) is 166 Å². The van der Waals surface area contributed by atoms with E-state index in [1.165, 1.54) is 34.8 Å². The number of benzene rings is 10. The molecule has 0 saturated carbocycles. The van der Waals surface area contributed by atoms with E-state index in [4.69, 9.17) is 0 Å². The second-order valence-electron chi connectivity index (χ2n) is 18.7. The molecule has 12 aromatic rings. The molecule has 0 spiro atoms. The molecule has 350 valence electrons. The number of imide groups is 4. The molecule has 0 fully saturated rings. The molecule has 15 rings (SSSR count). The van der Waals surface area contributed by atoms with E-state index in [2.05, 4.69) is 33.4 Å². The number of fused-ring (bicyclic) bond motifs is 4. The van der Waals surface area contributed by atoms with Crippen LogP contribution in [0.2, 0.25) is 0 Å². The Balaban J connectivity index is 0.00000283. The minimum Gasteiger partial charge on any atom is -0.587 e. The van der Waals surface area contributed by atoms with Crippen molar-refractivity contribution in [3.63, 3.8) is 0 Å². The van der Waals surface area contributed by atoms with Crippen LogP contribution in [0, 0.1) is 29.6 Å². The Hall–Kier alpha value is -6.65. The van der Waals surface area contributed by atoms with Crippen molar-refractivity contribution >= 4 is 157 Å². The molecular weight excluding hydrogens is 1160 g/mol. The zero-order chi connectivity index (χ0) is 51.2. The average Bonchev–Trinajstić information content (AvgIpc) is 4.07. The third kappa shape index (κ3) is 6.60. The normalized spacial score (nSPS) is 13.6. The van der Waals surface area contributed by atoms with Crippen LogP contribution in [0.5, 0.6) is 0 Å². The first-order valence-electron chi connectivity index (χ1n) is 23.1. The molecular formula is C59H22N6O8Rb2S2. The molecule has 3 aliphatic rings. The van der Waals surface area contributed by atoms with Crippen molar-refractivity contribution in [3.05, 3.63) is 163 Å². The molecule has 18 heteroatoms. The minimum atomic E-state index is -0.745. The molecule has 0 bridgehead atoms. The van der Waals surface area contributed by atoms with Gasteiger partial charge in [0.2, 0.25) is 6.41 Å². The van der Waals surface area contributed by atoms with Gasteiger partial charge in [-0.15, -0.1) is 22.7 Å². The fourth-order valence-electron chi connectivity index (χ4n) is 12.3. The Bertz CT molecular complexity index is 5060. The maximum absolute atomic E-state index is 13.8. The van der Waals surface area contributed by atoms with Gasteiger partial charge >= 0.3 is 116 Å². The second-order valence-corrected chi connectivity index (χ2v) is 20.8. The van der Waals surface area contributed by atoms with Crippen LogP contribution in [0.25, 0.3) is 127 Å². The molecule has 0 radical (unpaired) electrons. The number of aryl methyl sites for hydroxylation is 1. The predicted octanol–water partition coefficient (Wildman–Crippen LogP) is 6.08. The maximum Gasteiger partial charge on any atom is 1.00 e. The van der Waals surface area contributed by atoms with Crippen LogP contribution in [0.3, 0.4) is 0 Å². The molecule has 8 amide bonds. The molecule has 0 unspecified atom stereocenters. The molecule has 77 heavy (non-hydrogen) atoms. The zero-order valence-corrected chi connectivity index (χ0v) is 51.7. The summed E-state index contributed by atoms with van der Waals surface area (Å²) in [5.41, 5.74) is 3.99. The van der Waals surface area contributed by atoms with Gasteiger partial charge in [0, 0.05) is 107 Å². The van der Waals surface area contributed by atoms with Crippen LogP contribution >= 0.6 is 22.7 Å². The summed E-state index contributed by atoms with van der Waals surface area (Å²) in [6.07, 6.45) is 0.322. The van der Waals surface area contributed by atoms with E-state index >= 15 is 0 Å². The van der Waals surface area contributed by atoms with E-state index in [9.17, 15) is 48.9 Å². The standard InChI is InChI=1S/C59H24N6O8S2.2Rb/c1-21-14-32(44-26-4-8-29-46-34(57(71)63-54(29)68)15-22(18-60)42(50(26)46)24-2-6-28(41(21)49(24)44)53(67)62-20-66)37-10-12-39(74-37)40-13-11-38(75-40)33-17-36-48-31(56(70)65-59(36)73)7-3-25-43-23(19-61)16-35-47-30(55(69)64-58(35)72)9-5-27(51(43)47)45(33)52(25)48;;/h2-17,20H,1H3,(H4,62,63,64,65,66,67,68,69,70,71,72,73);;/q;2*+1/p-2. The Morgan fingerprint density at radius 3 is 1.43 bits per heavy atom. The zero-order valence-electron chi connectivity index (χ0n) is 40.2. The summed E-state index contributed by atoms with van der Waals surface area (Å²) in [7, 11) is 0. The van der Waals surface area contributed by atoms with Crippen molar-refractivity contribution in [3.8, 4) is 42.8 Å². The largest absolute Gasteiger partial charge is 1.00 e. The van der Waals surface area contributed by atoms with Crippen molar-refractivity contribution in [1.29, 1.82) is 10.5 Å². The SMILES string of the molecule is Cc1cc(-c2ccc(-c3ccc(-c4cc5c6c(ccc7c8c(C#N)cc9c%10c(ccc(c4c67)c%108)C(=O)NC9=O)C(=O)[N-]C5=O)s3)s2)c2c3ccc4c5c(cc(C#N)c(c6ccc(C(=O)NC=O)c1c62)c53)C(=O)[N-]C4=O.[Rb+].[Rb+].